The Balaban J connectivity index is 2.12. The normalized spacial score (nSPS) is 18.7. The summed E-state index contributed by atoms with van der Waals surface area (Å²) in [5.41, 5.74) is 7.61. The average Bonchev–Trinajstić information content (AvgIpc) is 3.09. The number of rotatable bonds is 5. The maximum Gasteiger partial charge on any atom is 0.311 e. The lowest BCUT2D eigenvalue weighted by Crippen LogP contribution is -2.29. The van der Waals surface area contributed by atoms with Crippen LogP contribution in [0.2, 0.25) is 0 Å². The Morgan fingerprint density at radius 3 is 2.28 bits per heavy atom. The summed E-state index contributed by atoms with van der Waals surface area (Å²) in [4.78, 5) is 11.2. The van der Waals surface area contributed by atoms with Gasteiger partial charge < -0.3 is 10.8 Å². The molecule has 0 bridgehead atoms. The van der Waals surface area contributed by atoms with Gasteiger partial charge in [-0.1, -0.05) is 38.1 Å². The molecular formula is C15H21NO2. The first kappa shape index (κ1) is 13.1. The van der Waals surface area contributed by atoms with Crippen LogP contribution in [-0.2, 0) is 11.2 Å². The van der Waals surface area contributed by atoms with Crippen molar-refractivity contribution in [2.45, 2.75) is 39.2 Å². The highest BCUT2D eigenvalue weighted by atomic mass is 16.4. The molecule has 1 unspecified atom stereocenters. The average molecular weight is 247 g/mol. The summed E-state index contributed by atoms with van der Waals surface area (Å²) < 4.78 is 0. The molecule has 3 heteroatoms. The van der Waals surface area contributed by atoms with Crippen molar-refractivity contribution in [1.29, 1.82) is 0 Å². The second-order valence-corrected chi connectivity index (χ2v) is 5.78. The molecule has 0 spiro atoms. The molecule has 0 aliphatic heterocycles. The predicted octanol–water partition coefficient (Wildman–Crippen LogP) is 2.75. The van der Waals surface area contributed by atoms with Crippen molar-refractivity contribution in [3.8, 4) is 0 Å². The number of hydrogen-bond acceptors (Lipinski definition) is 2. The molecule has 1 saturated carbocycles. The fraction of sp³-hybridized carbons (Fsp3) is 0.533. The number of carboxylic acids is 1. The third-order valence-electron chi connectivity index (χ3n) is 3.79. The molecule has 0 aromatic heterocycles. The molecule has 0 amide bonds. The largest absolute Gasteiger partial charge is 0.481 e. The van der Waals surface area contributed by atoms with E-state index in [1.54, 1.807) is 0 Å². The van der Waals surface area contributed by atoms with Crippen LogP contribution >= 0.6 is 0 Å². The quantitative estimate of drug-likeness (QED) is 0.841. The van der Waals surface area contributed by atoms with Gasteiger partial charge in [0, 0.05) is 6.04 Å². The van der Waals surface area contributed by atoms with E-state index in [9.17, 15) is 9.90 Å². The summed E-state index contributed by atoms with van der Waals surface area (Å²) in [5.74, 6) is -0.139. The van der Waals surface area contributed by atoms with E-state index in [4.69, 9.17) is 5.73 Å². The summed E-state index contributed by atoms with van der Waals surface area (Å²) in [6, 6.07) is 7.69. The van der Waals surface area contributed by atoms with Crippen LogP contribution in [0.5, 0.6) is 0 Å². The molecule has 1 aliphatic rings. The number of benzene rings is 1. The molecule has 0 radical (unpaired) electrons. The van der Waals surface area contributed by atoms with Gasteiger partial charge in [-0.2, -0.15) is 0 Å². The van der Waals surface area contributed by atoms with Gasteiger partial charge >= 0.3 is 5.97 Å². The molecule has 1 aromatic rings. The number of aliphatic carboxylic acids is 1. The van der Waals surface area contributed by atoms with E-state index in [2.05, 4.69) is 26.0 Å². The molecule has 1 fully saturated rings. The Kier molecular flexibility index (Phi) is 3.44. The van der Waals surface area contributed by atoms with Crippen molar-refractivity contribution < 1.29 is 9.90 Å². The minimum Gasteiger partial charge on any atom is -0.481 e. The zero-order valence-corrected chi connectivity index (χ0v) is 11.0. The maximum absolute atomic E-state index is 11.2. The van der Waals surface area contributed by atoms with E-state index in [0.717, 1.165) is 12.0 Å². The lowest BCUT2D eigenvalue weighted by molar-refractivity contribution is -0.144. The van der Waals surface area contributed by atoms with E-state index < -0.39 is 11.4 Å². The van der Waals surface area contributed by atoms with Gasteiger partial charge in [-0.05, 0) is 36.3 Å². The standard InChI is InChI=1S/C15H21NO2/c1-10(2)9-11-3-5-12(6-4-11)13(16)15(7-8-15)14(17)18/h3-6,10,13H,7-9,16H2,1-2H3,(H,17,18). The van der Waals surface area contributed by atoms with Crippen LogP contribution in [0.15, 0.2) is 24.3 Å². The molecule has 18 heavy (non-hydrogen) atoms. The van der Waals surface area contributed by atoms with Crippen LogP contribution in [0.3, 0.4) is 0 Å². The van der Waals surface area contributed by atoms with Crippen LogP contribution < -0.4 is 5.73 Å². The fourth-order valence-corrected chi connectivity index (χ4v) is 2.44. The maximum atomic E-state index is 11.2. The molecule has 3 nitrogen and oxygen atoms in total. The lowest BCUT2D eigenvalue weighted by Gasteiger charge is -2.19. The third kappa shape index (κ3) is 2.41. The van der Waals surface area contributed by atoms with Gasteiger partial charge in [0.15, 0.2) is 0 Å². The first-order valence-electron chi connectivity index (χ1n) is 6.53. The first-order chi connectivity index (χ1) is 8.45. The minimum absolute atomic E-state index is 0.386. The summed E-state index contributed by atoms with van der Waals surface area (Å²) in [5, 5.41) is 9.23. The second kappa shape index (κ2) is 4.73. The van der Waals surface area contributed by atoms with E-state index >= 15 is 0 Å². The van der Waals surface area contributed by atoms with Crippen molar-refractivity contribution in [2.24, 2.45) is 17.1 Å². The van der Waals surface area contributed by atoms with Crippen molar-refractivity contribution in [3.05, 3.63) is 35.4 Å². The molecule has 1 aliphatic carbocycles. The van der Waals surface area contributed by atoms with Gasteiger partial charge in [-0.3, -0.25) is 4.79 Å². The smallest absolute Gasteiger partial charge is 0.311 e. The molecule has 2 rings (SSSR count). The molecule has 98 valence electrons. The monoisotopic (exact) mass is 247 g/mol. The molecule has 1 atom stereocenters. The molecule has 0 heterocycles. The van der Waals surface area contributed by atoms with Crippen molar-refractivity contribution >= 4 is 5.97 Å². The number of carbonyl (C=O) groups is 1. The third-order valence-corrected chi connectivity index (χ3v) is 3.79. The van der Waals surface area contributed by atoms with Gasteiger partial charge in [-0.15, -0.1) is 0 Å². The van der Waals surface area contributed by atoms with Gasteiger partial charge in [-0.25, -0.2) is 0 Å². The predicted molar refractivity (Wildman–Crippen MR) is 71.2 cm³/mol. The van der Waals surface area contributed by atoms with Crippen LogP contribution in [-0.4, -0.2) is 11.1 Å². The summed E-state index contributed by atoms with van der Waals surface area (Å²) >= 11 is 0. The summed E-state index contributed by atoms with van der Waals surface area (Å²) in [6.45, 7) is 4.37. The van der Waals surface area contributed by atoms with Crippen molar-refractivity contribution in [1.82, 2.24) is 0 Å². The van der Waals surface area contributed by atoms with Crippen LogP contribution in [0.4, 0.5) is 0 Å². The Morgan fingerprint density at radius 1 is 1.33 bits per heavy atom. The number of nitrogens with two attached hydrogens (primary N) is 1. The minimum atomic E-state index is -0.763. The topological polar surface area (TPSA) is 63.3 Å². The molecular weight excluding hydrogens is 226 g/mol. The Bertz CT molecular complexity index is 432. The Labute approximate surface area is 108 Å². The highest BCUT2D eigenvalue weighted by Gasteiger charge is 2.55. The fourth-order valence-electron chi connectivity index (χ4n) is 2.44. The number of hydrogen-bond donors (Lipinski definition) is 2. The van der Waals surface area contributed by atoms with Gasteiger partial charge in [0.2, 0.25) is 0 Å². The molecule has 3 N–H and O–H groups in total. The van der Waals surface area contributed by atoms with Crippen molar-refractivity contribution in [2.75, 3.05) is 0 Å². The van der Waals surface area contributed by atoms with Crippen molar-refractivity contribution in [3.63, 3.8) is 0 Å². The summed E-state index contributed by atoms with van der Waals surface area (Å²) in [6.07, 6.45) is 2.42. The van der Waals surface area contributed by atoms with Crippen LogP contribution in [0, 0.1) is 11.3 Å². The lowest BCUT2D eigenvalue weighted by atomic mass is 9.90. The number of carboxylic acid groups (broad SMARTS) is 1. The molecule has 1 aromatic carbocycles. The highest BCUT2D eigenvalue weighted by molar-refractivity contribution is 5.79. The second-order valence-electron chi connectivity index (χ2n) is 5.78. The van der Waals surface area contributed by atoms with E-state index in [1.807, 2.05) is 12.1 Å². The van der Waals surface area contributed by atoms with Gasteiger partial charge in [0.25, 0.3) is 0 Å². The van der Waals surface area contributed by atoms with E-state index in [0.29, 0.717) is 18.8 Å². The summed E-state index contributed by atoms with van der Waals surface area (Å²) in [7, 11) is 0. The van der Waals surface area contributed by atoms with Gasteiger partial charge in [0.1, 0.15) is 0 Å². The van der Waals surface area contributed by atoms with Crippen LogP contribution in [0.25, 0.3) is 0 Å². The Morgan fingerprint density at radius 2 is 1.89 bits per heavy atom. The highest BCUT2D eigenvalue weighted by Crippen LogP contribution is 2.54. The van der Waals surface area contributed by atoms with E-state index in [1.165, 1.54) is 5.56 Å². The zero-order chi connectivity index (χ0) is 13.3. The zero-order valence-electron chi connectivity index (χ0n) is 11.0. The Hall–Kier alpha value is -1.35. The molecule has 0 saturated heterocycles. The first-order valence-corrected chi connectivity index (χ1v) is 6.53. The van der Waals surface area contributed by atoms with E-state index in [-0.39, 0.29) is 6.04 Å². The van der Waals surface area contributed by atoms with Gasteiger partial charge in [0.05, 0.1) is 5.41 Å². The van der Waals surface area contributed by atoms with Crippen LogP contribution in [0.1, 0.15) is 43.9 Å². The SMILES string of the molecule is CC(C)Cc1ccc(C(N)C2(C(=O)O)CC2)cc1.